The van der Waals surface area contributed by atoms with Crippen LogP contribution in [0.25, 0.3) is 6.08 Å². The maximum absolute atomic E-state index is 14.0. The number of hydrogen-bond donors (Lipinski definition) is 3. The van der Waals surface area contributed by atoms with Gasteiger partial charge in [0.05, 0.1) is 23.3 Å². The minimum atomic E-state index is -0.902. The van der Waals surface area contributed by atoms with Gasteiger partial charge in [-0.05, 0) is 29.8 Å². The Morgan fingerprint density at radius 1 is 1.09 bits per heavy atom. The zero-order valence-corrected chi connectivity index (χ0v) is 18.4. The van der Waals surface area contributed by atoms with Gasteiger partial charge in [0.2, 0.25) is 0 Å². The number of piperazine rings is 1. The normalized spacial score (nSPS) is 17.6. The molecule has 2 aromatic carbocycles. The Hall–Kier alpha value is -4.07. The quantitative estimate of drug-likeness (QED) is 0.422. The average molecular weight is 446 g/mol. The number of H-pyrrole nitrogens is 1. The van der Waals surface area contributed by atoms with Crippen LogP contribution < -0.4 is 10.6 Å². The fraction of sp³-hybridized carbons (Fsp3) is 0.200. The van der Waals surface area contributed by atoms with Gasteiger partial charge in [0, 0.05) is 11.0 Å². The van der Waals surface area contributed by atoms with Crippen molar-refractivity contribution in [2.24, 2.45) is 0 Å². The van der Waals surface area contributed by atoms with Crippen LogP contribution in [0.3, 0.4) is 0 Å². The molecule has 1 atom stereocenters. The van der Waals surface area contributed by atoms with Gasteiger partial charge in [0.15, 0.2) is 11.8 Å². The second-order valence-corrected chi connectivity index (χ2v) is 8.80. The molecule has 1 unspecified atom stereocenters. The Bertz CT molecular complexity index is 1290. The third-order valence-corrected chi connectivity index (χ3v) is 5.29. The standard InChI is InChI=1S/C25H23FN4O3/c1-25(2,3)22-19(27-13-28-22)20-24(33)29-18(23(32)30-20)12-14-7-6-8-15(11-14)21(31)16-9-4-5-10-17(16)26/h4-13,20H,1-3H3,(H,27,28)(H,29,33)(H,30,32)/b18-12+. The van der Waals surface area contributed by atoms with Crippen LogP contribution in [0.5, 0.6) is 0 Å². The molecular formula is C25H23FN4O3. The number of imidazole rings is 1. The molecule has 0 saturated carbocycles. The van der Waals surface area contributed by atoms with Crippen LogP contribution in [0.15, 0.2) is 60.6 Å². The molecule has 3 N–H and O–H groups in total. The van der Waals surface area contributed by atoms with Gasteiger partial charge < -0.3 is 15.6 Å². The second kappa shape index (κ2) is 8.46. The van der Waals surface area contributed by atoms with E-state index in [0.717, 1.165) is 0 Å². The summed E-state index contributed by atoms with van der Waals surface area (Å²) in [5, 5.41) is 5.35. The summed E-state index contributed by atoms with van der Waals surface area (Å²) in [5.41, 5.74) is 1.69. The zero-order valence-electron chi connectivity index (χ0n) is 18.4. The molecule has 1 saturated heterocycles. The number of aromatic amines is 1. The van der Waals surface area contributed by atoms with Crippen LogP contribution in [0, 0.1) is 5.82 Å². The van der Waals surface area contributed by atoms with E-state index in [9.17, 15) is 18.8 Å². The number of carbonyl (C=O) groups excluding carboxylic acids is 3. The first-order valence-corrected chi connectivity index (χ1v) is 10.4. The van der Waals surface area contributed by atoms with Crippen LogP contribution >= 0.6 is 0 Å². The Balaban J connectivity index is 1.58. The highest BCUT2D eigenvalue weighted by atomic mass is 19.1. The van der Waals surface area contributed by atoms with E-state index >= 15 is 0 Å². The van der Waals surface area contributed by atoms with E-state index in [1.165, 1.54) is 30.6 Å². The van der Waals surface area contributed by atoms with Crippen molar-refractivity contribution in [3.63, 3.8) is 0 Å². The van der Waals surface area contributed by atoms with Crippen molar-refractivity contribution < 1.29 is 18.8 Å². The summed E-state index contributed by atoms with van der Waals surface area (Å²) in [7, 11) is 0. The predicted octanol–water partition coefficient (Wildman–Crippen LogP) is 3.41. The maximum atomic E-state index is 14.0. The van der Waals surface area contributed by atoms with Gasteiger partial charge in [0.1, 0.15) is 11.5 Å². The SMILES string of the molecule is CC(C)(C)c1nc[nH]c1C1NC(=O)/C(=C\c2cccc(C(=O)c3ccccc3F)c2)NC1=O. The zero-order chi connectivity index (χ0) is 23.8. The number of aromatic nitrogens is 2. The van der Waals surface area contributed by atoms with E-state index in [-0.39, 0.29) is 22.2 Å². The van der Waals surface area contributed by atoms with Crippen LogP contribution in [-0.2, 0) is 15.0 Å². The van der Waals surface area contributed by atoms with E-state index in [2.05, 4.69) is 20.6 Å². The van der Waals surface area contributed by atoms with Gasteiger partial charge >= 0.3 is 0 Å². The smallest absolute Gasteiger partial charge is 0.268 e. The molecule has 0 aliphatic carbocycles. The lowest BCUT2D eigenvalue weighted by molar-refractivity contribution is -0.131. The molecule has 3 aromatic rings. The number of nitrogens with zero attached hydrogens (tertiary/aromatic N) is 1. The van der Waals surface area contributed by atoms with E-state index in [0.29, 0.717) is 17.0 Å². The molecule has 2 amide bonds. The number of carbonyl (C=O) groups is 3. The van der Waals surface area contributed by atoms with Gasteiger partial charge in [-0.2, -0.15) is 0 Å². The van der Waals surface area contributed by atoms with Crippen molar-refractivity contribution in [2.75, 3.05) is 0 Å². The molecule has 168 valence electrons. The lowest BCUT2D eigenvalue weighted by Crippen LogP contribution is -2.50. The summed E-state index contributed by atoms with van der Waals surface area (Å²) >= 11 is 0. The molecule has 33 heavy (non-hydrogen) atoms. The van der Waals surface area contributed by atoms with Gasteiger partial charge in [-0.1, -0.05) is 51.1 Å². The molecule has 0 radical (unpaired) electrons. The molecule has 0 spiro atoms. The summed E-state index contributed by atoms with van der Waals surface area (Å²) in [6.45, 7) is 5.91. The number of nitrogens with one attached hydrogen (secondary N) is 3. The summed E-state index contributed by atoms with van der Waals surface area (Å²) < 4.78 is 14.0. The first-order chi connectivity index (χ1) is 15.6. The number of benzene rings is 2. The third-order valence-electron chi connectivity index (χ3n) is 5.29. The monoisotopic (exact) mass is 446 g/mol. The molecule has 1 fully saturated rings. The lowest BCUT2D eigenvalue weighted by atomic mass is 9.88. The summed E-state index contributed by atoms with van der Waals surface area (Å²) in [6.07, 6.45) is 2.97. The molecule has 8 heteroatoms. The maximum Gasteiger partial charge on any atom is 0.268 e. The van der Waals surface area contributed by atoms with Gasteiger partial charge in [0.25, 0.3) is 11.8 Å². The van der Waals surface area contributed by atoms with Crippen LogP contribution in [0.2, 0.25) is 0 Å². The fourth-order valence-corrected chi connectivity index (χ4v) is 3.70. The molecule has 7 nitrogen and oxygen atoms in total. The van der Waals surface area contributed by atoms with Gasteiger partial charge in [-0.15, -0.1) is 0 Å². The Morgan fingerprint density at radius 2 is 1.85 bits per heavy atom. The highest BCUT2D eigenvalue weighted by Gasteiger charge is 2.36. The van der Waals surface area contributed by atoms with Gasteiger partial charge in [-0.3, -0.25) is 14.4 Å². The molecule has 4 rings (SSSR count). The Labute approximate surface area is 190 Å². The van der Waals surface area contributed by atoms with Crippen molar-refractivity contribution in [1.29, 1.82) is 0 Å². The van der Waals surface area contributed by atoms with E-state index in [1.54, 1.807) is 30.3 Å². The first-order valence-electron chi connectivity index (χ1n) is 10.4. The topological polar surface area (TPSA) is 104 Å². The minimum absolute atomic E-state index is 0.0388. The summed E-state index contributed by atoms with van der Waals surface area (Å²) in [4.78, 5) is 45.5. The second-order valence-electron chi connectivity index (χ2n) is 8.80. The van der Waals surface area contributed by atoms with Crippen LogP contribution in [-0.4, -0.2) is 27.6 Å². The largest absolute Gasteiger partial charge is 0.346 e. The van der Waals surface area contributed by atoms with Crippen LogP contribution in [0.1, 0.15) is 59.7 Å². The molecule has 0 bridgehead atoms. The number of amides is 2. The molecular weight excluding hydrogens is 423 g/mol. The van der Waals surface area contributed by atoms with Crippen molar-refractivity contribution in [3.8, 4) is 0 Å². The number of halogens is 1. The minimum Gasteiger partial charge on any atom is -0.346 e. The molecule has 1 aliphatic rings. The summed E-state index contributed by atoms with van der Waals surface area (Å²) in [6, 6.07) is 11.3. The highest BCUT2D eigenvalue weighted by molar-refractivity contribution is 6.10. The van der Waals surface area contributed by atoms with Crippen molar-refractivity contribution in [2.45, 2.75) is 32.2 Å². The summed E-state index contributed by atoms with van der Waals surface area (Å²) in [5.74, 6) is -1.96. The van der Waals surface area contributed by atoms with Crippen LogP contribution in [0.4, 0.5) is 4.39 Å². The average Bonchev–Trinajstić information content (AvgIpc) is 3.26. The Morgan fingerprint density at radius 3 is 2.58 bits per heavy atom. The van der Waals surface area contributed by atoms with Crippen molar-refractivity contribution in [3.05, 3.63) is 94.5 Å². The van der Waals surface area contributed by atoms with Crippen molar-refractivity contribution >= 4 is 23.7 Å². The third kappa shape index (κ3) is 4.45. The molecule has 1 aromatic heterocycles. The van der Waals surface area contributed by atoms with E-state index in [4.69, 9.17) is 0 Å². The van der Waals surface area contributed by atoms with E-state index < -0.39 is 29.5 Å². The number of hydrogen-bond acceptors (Lipinski definition) is 4. The number of rotatable bonds is 4. The lowest BCUT2D eigenvalue weighted by Gasteiger charge is -2.27. The predicted molar refractivity (Wildman–Crippen MR) is 121 cm³/mol. The van der Waals surface area contributed by atoms with Crippen molar-refractivity contribution in [1.82, 2.24) is 20.6 Å². The fourth-order valence-electron chi connectivity index (χ4n) is 3.70. The molecule has 2 heterocycles. The van der Waals surface area contributed by atoms with Gasteiger partial charge in [-0.25, -0.2) is 9.37 Å². The van der Waals surface area contributed by atoms with E-state index in [1.807, 2.05) is 20.8 Å². The first kappa shape index (κ1) is 22.1. The highest BCUT2D eigenvalue weighted by Crippen LogP contribution is 2.28. The molecule has 1 aliphatic heterocycles. The Kier molecular flexibility index (Phi) is 5.68. The number of ketones is 1.